The lowest BCUT2D eigenvalue weighted by Crippen LogP contribution is -2.53. The van der Waals surface area contributed by atoms with Gasteiger partial charge in [0, 0.05) is 51.6 Å². The molecule has 1 aliphatic carbocycles. The highest BCUT2D eigenvalue weighted by atomic mass is 16.5. The minimum Gasteiger partial charge on any atom is -0.379 e. The first kappa shape index (κ1) is 24.4. The lowest BCUT2D eigenvalue weighted by molar-refractivity contribution is 0.0110. The Morgan fingerprint density at radius 1 is 1.19 bits per heavy atom. The van der Waals surface area contributed by atoms with Crippen LogP contribution < -0.4 is 21.3 Å². The van der Waals surface area contributed by atoms with E-state index in [9.17, 15) is 4.79 Å². The van der Waals surface area contributed by atoms with Crippen LogP contribution in [0.3, 0.4) is 0 Å². The average molecular weight is 494 g/mol. The van der Waals surface area contributed by atoms with E-state index in [-0.39, 0.29) is 18.2 Å². The average Bonchev–Trinajstić information content (AvgIpc) is 3.25. The number of carbonyl (C=O) groups is 1. The number of benzene rings is 1. The molecule has 0 spiro atoms. The van der Waals surface area contributed by atoms with Crippen molar-refractivity contribution < 1.29 is 9.53 Å². The van der Waals surface area contributed by atoms with Crippen LogP contribution >= 0.6 is 0 Å². The number of anilines is 3. The third-order valence-corrected chi connectivity index (χ3v) is 6.90. The number of piperazine rings is 1. The van der Waals surface area contributed by atoms with E-state index in [0.717, 1.165) is 38.2 Å². The first-order chi connectivity index (χ1) is 17.4. The summed E-state index contributed by atoms with van der Waals surface area (Å²) >= 11 is 0. The maximum atomic E-state index is 13.0. The van der Waals surface area contributed by atoms with Crippen LogP contribution in [0.1, 0.15) is 32.3 Å². The van der Waals surface area contributed by atoms with Crippen molar-refractivity contribution in [1.29, 1.82) is 0 Å². The molecule has 1 amide bonds. The molecule has 192 valence electrons. The summed E-state index contributed by atoms with van der Waals surface area (Å²) in [7, 11) is 3.44. The largest absolute Gasteiger partial charge is 0.379 e. The van der Waals surface area contributed by atoms with Gasteiger partial charge in [0.25, 0.3) is 0 Å². The Morgan fingerprint density at radius 3 is 2.69 bits per heavy atom. The molecule has 1 saturated heterocycles. The highest BCUT2D eigenvalue weighted by molar-refractivity contribution is 5.92. The molecule has 4 atom stereocenters. The molecule has 5 rings (SSSR count). The van der Waals surface area contributed by atoms with Gasteiger partial charge >= 0.3 is 6.03 Å². The molecule has 11 nitrogen and oxygen atoms in total. The van der Waals surface area contributed by atoms with Crippen molar-refractivity contribution in [1.82, 2.24) is 35.1 Å². The zero-order valence-electron chi connectivity index (χ0n) is 21.3. The van der Waals surface area contributed by atoms with Crippen LogP contribution in [-0.2, 0) is 11.3 Å². The minimum absolute atomic E-state index is 0.00690. The molecule has 2 aromatic heterocycles. The first-order valence-electron chi connectivity index (χ1n) is 12.5. The van der Waals surface area contributed by atoms with Crippen LogP contribution in [0.5, 0.6) is 0 Å². The number of aromatic nitrogens is 4. The maximum absolute atomic E-state index is 13.0. The van der Waals surface area contributed by atoms with Crippen molar-refractivity contribution in [2.45, 2.75) is 57.5 Å². The lowest BCUT2D eigenvalue weighted by atomic mass is 9.89. The van der Waals surface area contributed by atoms with E-state index in [1.54, 1.807) is 14.2 Å². The fourth-order valence-corrected chi connectivity index (χ4v) is 5.13. The van der Waals surface area contributed by atoms with Crippen LogP contribution in [0.15, 0.2) is 30.6 Å². The Kier molecular flexibility index (Phi) is 7.04. The van der Waals surface area contributed by atoms with Crippen LogP contribution in [-0.4, -0.2) is 81.9 Å². The number of fused-ring (bicyclic) bond motifs is 1. The summed E-state index contributed by atoms with van der Waals surface area (Å²) in [6, 6.07) is 8.94. The van der Waals surface area contributed by atoms with Gasteiger partial charge in [-0.3, -0.25) is 4.90 Å². The second kappa shape index (κ2) is 10.4. The monoisotopic (exact) mass is 493 g/mol. The number of hydrogen-bond acceptors (Lipinski definition) is 9. The Hall–Kier alpha value is -3.28. The number of ether oxygens (including phenoxy) is 1. The van der Waals surface area contributed by atoms with Gasteiger partial charge < -0.3 is 26.0 Å². The van der Waals surface area contributed by atoms with Gasteiger partial charge in [-0.15, -0.1) is 0 Å². The second-order valence-corrected chi connectivity index (χ2v) is 9.83. The number of imidazole rings is 1. The summed E-state index contributed by atoms with van der Waals surface area (Å²) in [4.78, 5) is 29.1. The summed E-state index contributed by atoms with van der Waals surface area (Å²) in [5.74, 6) is 0.939. The number of nitrogens with one attached hydrogen (secondary N) is 4. The molecule has 1 aromatic carbocycles. The van der Waals surface area contributed by atoms with Crippen LogP contribution in [0.2, 0.25) is 0 Å². The number of carbonyl (C=O) groups excluding carboxylic acids is 1. The highest BCUT2D eigenvalue weighted by Crippen LogP contribution is 2.25. The molecule has 2 fully saturated rings. The fraction of sp³-hybridized carbons (Fsp3) is 0.520. The number of methoxy groups -OCH3 is 1. The standard InChI is InChI=1S/C25H35N9O2/c1-15-11-33(12-16(2)28-15)13-17-6-5-7-18(10-17)29-24-31-22(26-3)21-23(32-24)34(14-27-21)25(35)30-19-8-9-20(19)36-4/h5-7,10,14-16,19-20,28H,8-9,11-13H2,1-4H3,(H,30,35)(H2,26,29,31,32)/t15-,16+,19-,20-/m1/s1. The normalized spacial score (nSPS) is 24.3. The Morgan fingerprint density at radius 2 is 2.00 bits per heavy atom. The number of hydrogen-bond donors (Lipinski definition) is 4. The summed E-state index contributed by atoms with van der Waals surface area (Å²) in [6.45, 7) is 7.36. The Bertz CT molecular complexity index is 1220. The van der Waals surface area contributed by atoms with Gasteiger partial charge in [-0.25, -0.2) is 14.3 Å². The van der Waals surface area contributed by atoms with Gasteiger partial charge in [0.05, 0.1) is 12.1 Å². The van der Waals surface area contributed by atoms with Gasteiger partial charge in [-0.1, -0.05) is 12.1 Å². The minimum atomic E-state index is -0.280. The zero-order chi connectivity index (χ0) is 25.2. The molecular weight excluding hydrogens is 458 g/mol. The zero-order valence-corrected chi connectivity index (χ0v) is 21.3. The smallest absolute Gasteiger partial charge is 0.328 e. The van der Waals surface area contributed by atoms with Crippen molar-refractivity contribution in [3.05, 3.63) is 36.2 Å². The maximum Gasteiger partial charge on any atom is 0.328 e. The van der Waals surface area contributed by atoms with E-state index in [1.807, 2.05) is 12.1 Å². The van der Waals surface area contributed by atoms with E-state index >= 15 is 0 Å². The quantitative estimate of drug-likeness (QED) is 0.393. The second-order valence-electron chi connectivity index (χ2n) is 9.83. The molecule has 0 bridgehead atoms. The molecule has 36 heavy (non-hydrogen) atoms. The summed E-state index contributed by atoms with van der Waals surface area (Å²) in [5, 5.41) is 13.0. The van der Waals surface area contributed by atoms with E-state index in [0.29, 0.717) is 35.0 Å². The molecule has 0 unspecified atom stereocenters. The van der Waals surface area contributed by atoms with Crippen LogP contribution in [0, 0.1) is 0 Å². The predicted molar refractivity (Wildman–Crippen MR) is 140 cm³/mol. The number of nitrogens with zero attached hydrogens (tertiary/aromatic N) is 5. The first-order valence-corrected chi connectivity index (χ1v) is 12.5. The van der Waals surface area contributed by atoms with Crippen LogP contribution in [0.25, 0.3) is 11.2 Å². The third kappa shape index (κ3) is 5.13. The van der Waals surface area contributed by atoms with E-state index < -0.39 is 0 Å². The topological polar surface area (TPSA) is 121 Å². The van der Waals surface area contributed by atoms with Gasteiger partial charge in [-0.2, -0.15) is 9.97 Å². The number of rotatable bonds is 7. The van der Waals surface area contributed by atoms with Crippen molar-refractivity contribution in [3.8, 4) is 0 Å². The summed E-state index contributed by atoms with van der Waals surface area (Å²) < 4.78 is 6.83. The van der Waals surface area contributed by atoms with Crippen molar-refractivity contribution in [2.75, 3.05) is 37.9 Å². The molecular formula is C25H35N9O2. The number of amides is 1. The highest BCUT2D eigenvalue weighted by Gasteiger charge is 2.32. The van der Waals surface area contributed by atoms with Gasteiger partial charge in [0.15, 0.2) is 17.0 Å². The lowest BCUT2D eigenvalue weighted by Gasteiger charge is -2.36. The van der Waals surface area contributed by atoms with Gasteiger partial charge in [0.1, 0.15) is 6.33 Å². The molecule has 0 radical (unpaired) electrons. The molecule has 3 heterocycles. The van der Waals surface area contributed by atoms with E-state index in [2.05, 4.69) is 67.1 Å². The van der Waals surface area contributed by atoms with Gasteiger partial charge in [0.2, 0.25) is 5.95 Å². The van der Waals surface area contributed by atoms with Gasteiger partial charge in [-0.05, 0) is 44.4 Å². The molecule has 1 aliphatic heterocycles. The Balaban J connectivity index is 1.35. The van der Waals surface area contributed by atoms with E-state index in [4.69, 9.17) is 4.74 Å². The van der Waals surface area contributed by atoms with E-state index in [1.165, 1.54) is 16.5 Å². The molecule has 4 N–H and O–H groups in total. The SMILES string of the molecule is CNc1nc(Nc2cccc(CN3C[C@@H](C)N[C@@H](C)C3)c2)nc2c1ncn2C(=O)N[C@@H]1CC[C@H]1OC. The van der Waals surface area contributed by atoms with Crippen molar-refractivity contribution in [3.63, 3.8) is 0 Å². The summed E-state index contributed by atoms with van der Waals surface area (Å²) in [6.07, 6.45) is 3.36. The fourth-order valence-electron chi connectivity index (χ4n) is 5.13. The molecule has 11 heteroatoms. The molecule has 2 aliphatic rings. The summed E-state index contributed by atoms with van der Waals surface area (Å²) in [5.41, 5.74) is 3.07. The molecule has 1 saturated carbocycles. The van der Waals surface area contributed by atoms with Crippen molar-refractivity contribution in [2.24, 2.45) is 0 Å². The van der Waals surface area contributed by atoms with Crippen molar-refractivity contribution >= 4 is 34.6 Å². The molecule has 3 aromatic rings. The van der Waals surface area contributed by atoms with Crippen LogP contribution in [0.4, 0.5) is 22.2 Å². The Labute approximate surface area is 211 Å². The third-order valence-electron chi connectivity index (χ3n) is 6.90. The predicted octanol–water partition coefficient (Wildman–Crippen LogP) is 2.53.